The Kier molecular flexibility index (Phi) is 4.65. The Morgan fingerprint density at radius 2 is 2.00 bits per heavy atom. The normalized spacial score (nSPS) is 20.5. The Morgan fingerprint density at radius 3 is 2.73 bits per heavy atom. The molecule has 1 aliphatic carbocycles. The van der Waals surface area contributed by atoms with E-state index in [4.69, 9.17) is 0 Å². The minimum Gasteiger partial charge on any atom is -0.365 e. The maximum Gasteiger partial charge on any atom is 0.280 e. The SMILES string of the molecule is Cc1cc(NC2CCCN(c3cc(C(F)F)nc(C4CC4)n3)C2)ncn1. The topological polar surface area (TPSA) is 66.8 Å². The lowest BCUT2D eigenvalue weighted by molar-refractivity contribution is 0.145. The van der Waals surface area contributed by atoms with Gasteiger partial charge in [-0.2, -0.15) is 0 Å². The first-order valence-corrected chi connectivity index (χ1v) is 9.05. The number of alkyl halides is 2. The summed E-state index contributed by atoms with van der Waals surface area (Å²) in [4.78, 5) is 19.1. The van der Waals surface area contributed by atoms with E-state index in [-0.39, 0.29) is 17.7 Å². The van der Waals surface area contributed by atoms with Crippen LogP contribution in [0, 0.1) is 6.92 Å². The minimum absolute atomic E-state index is 0.168. The first-order valence-electron chi connectivity index (χ1n) is 9.05. The van der Waals surface area contributed by atoms with Crippen molar-refractivity contribution >= 4 is 11.6 Å². The summed E-state index contributed by atoms with van der Waals surface area (Å²) in [6.07, 6.45) is 2.92. The molecule has 1 unspecified atom stereocenters. The smallest absolute Gasteiger partial charge is 0.280 e. The van der Waals surface area contributed by atoms with E-state index >= 15 is 0 Å². The van der Waals surface area contributed by atoms with E-state index in [0.717, 1.165) is 43.7 Å². The molecule has 0 bridgehead atoms. The number of aryl methyl sites for hydroxylation is 1. The van der Waals surface area contributed by atoms with Gasteiger partial charge in [-0.05, 0) is 32.6 Å². The second kappa shape index (κ2) is 7.09. The molecule has 6 nitrogen and oxygen atoms in total. The second-order valence-corrected chi connectivity index (χ2v) is 7.06. The average Bonchev–Trinajstić information content (AvgIpc) is 3.47. The number of hydrogen-bond donors (Lipinski definition) is 1. The molecule has 2 aromatic heterocycles. The molecule has 26 heavy (non-hydrogen) atoms. The number of anilines is 2. The van der Waals surface area contributed by atoms with Crippen LogP contribution in [-0.2, 0) is 0 Å². The van der Waals surface area contributed by atoms with Gasteiger partial charge in [-0.1, -0.05) is 0 Å². The zero-order valence-corrected chi connectivity index (χ0v) is 14.7. The van der Waals surface area contributed by atoms with Gasteiger partial charge in [0.05, 0.1) is 0 Å². The third-order valence-electron chi connectivity index (χ3n) is 4.82. The van der Waals surface area contributed by atoms with E-state index in [1.807, 2.05) is 13.0 Å². The molecule has 2 aliphatic rings. The summed E-state index contributed by atoms with van der Waals surface area (Å²) in [6.45, 7) is 3.43. The van der Waals surface area contributed by atoms with Crippen LogP contribution in [0.15, 0.2) is 18.5 Å². The number of halogens is 2. The number of piperidine rings is 1. The van der Waals surface area contributed by atoms with Gasteiger partial charge in [0, 0.05) is 42.9 Å². The highest BCUT2D eigenvalue weighted by molar-refractivity contribution is 5.43. The van der Waals surface area contributed by atoms with E-state index < -0.39 is 6.43 Å². The molecule has 4 rings (SSSR count). The zero-order valence-electron chi connectivity index (χ0n) is 14.7. The van der Waals surface area contributed by atoms with Gasteiger partial charge >= 0.3 is 0 Å². The van der Waals surface area contributed by atoms with Gasteiger partial charge in [0.2, 0.25) is 0 Å². The molecular weight excluding hydrogens is 338 g/mol. The number of rotatable bonds is 5. The molecule has 0 aromatic carbocycles. The average molecular weight is 360 g/mol. The number of nitrogens with one attached hydrogen (secondary N) is 1. The van der Waals surface area contributed by atoms with Crippen molar-refractivity contribution in [3.8, 4) is 0 Å². The van der Waals surface area contributed by atoms with Gasteiger partial charge in [-0.25, -0.2) is 28.7 Å². The van der Waals surface area contributed by atoms with Crippen molar-refractivity contribution in [3.63, 3.8) is 0 Å². The summed E-state index contributed by atoms with van der Waals surface area (Å²) >= 11 is 0. The lowest BCUT2D eigenvalue weighted by atomic mass is 10.1. The van der Waals surface area contributed by atoms with E-state index in [1.165, 1.54) is 6.07 Å². The van der Waals surface area contributed by atoms with Crippen molar-refractivity contribution in [2.45, 2.75) is 51.0 Å². The maximum atomic E-state index is 13.2. The van der Waals surface area contributed by atoms with Gasteiger partial charge in [0.1, 0.15) is 29.5 Å². The highest BCUT2D eigenvalue weighted by atomic mass is 19.3. The third-order valence-corrected chi connectivity index (χ3v) is 4.82. The molecule has 2 fully saturated rings. The molecule has 1 atom stereocenters. The van der Waals surface area contributed by atoms with E-state index in [1.54, 1.807) is 6.33 Å². The van der Waals surface area contributed by atoms with Crippen molar-refractivity contribution in [2.24, 2.45) is 0 Å². The van der Waals surface area contributed by atoms with Crippen molar-refractivity contribution in [2.75, 3.05) is 23.3 Å². The summed E-state index contributed by atoms with van der Waals surface area (Å²) in [5.74, 6) is 2.22. The molecule has 8 heteroatoms. The van der Waals surface area contributed by atoms with E-state index in [0.29, 0.717) is 18.2 Å². The standard InChI is InChI=1S/C18H22F2N6/c1-11-7-15(22-10-21-11)23-13-3-2-6-26(9-13)16-8-14(17(19)20)24-18(25-16)12-4-5-12/h7-8,10,12-13,17H,2-6,9H2,1H3,(H,21,22,23). The third kappa shape index (κ3) is 3.89. The Hall–Kier alpha value is -2.38. The van der Waals surface area contributed by atoms with Crippen LogP contribution in [-0.4, -0.2) is 39.1 Å². The number of hydrogen-bond acceptors (Lipinski definition) is 6. The van der Waals surface area contributed by atoms with Crippen LogP contribution in [0.5, 0.6) is 0 Å². The minimum atomic E-state index is -2.57. The van der Waals surface area contributed by atoms with Crippen LogP contribution in [0.4, 0.5) is 20.4 Å². The largest absolute Gasteiger partial charge is 0.365 e. The van der Waals surface area contributed by atoms with Crippen LogP contribution in [0.3, 0.4) is 0 Å². The van der Waals surface area contributed by atoms with Crippen LogP contribution in [0.2, 0.25) is 0 Å². The first-order chi connectivity index (χ1) is 12.6. The molecule has 3 heterocycles. The molecule has 0 amide bonds. The predicted molar refractivity (Wildman–Crippen MR) is 94.6 cm³/mol. The number of aromatic nitrogens is 4. The van der Waals surface area contributed by atoms with Gasteiger partial charge in [-0.3, -0.25) is 0 Å². The van der Waals surface area contributed by atoms with Crippen molar-refractivity contribution in [1.29, 1.82) is 0 Å². The van der Waals surface area contributed by atoms with Crippen molar-refractivity contribution < 1.29 is 8.78 Å². The highest BCUT2D eigenvalue weighted by Crippen LogP contribution is 2.39. The van der Waals surface area contributed by atoms with Crippen molar-refractivity contribution in [3.05, 3.63) is 35.7 Å². The maximum absolute atomic E-state index is 13.2. The van der Waals surface area contributed by atoms with Crippen LogP contribution in [0.1, 0.15) is 55.2 Å². The van der Waals surface area contributed by atoms with Gasteiger partial charge in [0.25, 0.3) is 6.43 Å². The summed E-state index contributed by atoms with van der Waals surface area (Å²) < 4.78 is 26.5. The molecule has 1 saturated carbocycles. The van der Waals surface area contributed by atoms with Crippen LogP contribution < -0.4 is 10.2 Å². The Bertz CT molecular complexity index is 760. The lowest BCUT2D eigenvalue weighted by Crippen LogP contribution is -2.42. The number of nitrogens with zero attached hydrogens (tertiary/aromatic N) is 5. The summed E-state index contributed by atoms with van der Waals surface area (Å²) in [7, 11) is 0. The van der Waals surface area contributed by atoms with E-state index in [2.05, 4.69) is 30.2 Å². The fourth-order valence-corrected chi connectivity index (χ4v) is 3.31. The van der Waals surface area contributed by atoms with E-state index in [9.17, 15) is 8.78 Å². The zero-order chi connectivity index (χ0) is 18.1. The summed E-state index contributed by atoms with van der Waals surface area (Å²) in [5.41, 5.74) is 0.736. The quantitative estimate of drug-likeness (QED) is 0.881. The first kappa shape index (κ1) is 17.1. The molecule has 1 N–H and O–H groups in total. The molecule has 0 radical (unpaired) electrons. The predicted octanol–water partition coefficient (Wildman–Crippen LogP) is 3.47. The monoisotopic (exact) mass is 360 g/mol. The fraction of sp³-hybridized carbons (Fsp3) is 0.556. The highest BCUT2D eigenvalue weighted by Gasteiger charge is 2.30. The molecule has 1 saturated heterocycles. The van der Waals surface area contributed by atoms with Crippen molar-refractivity contribution in [1.82, 2.24) is 19.9 Å². The second-order valence-electron chi connectivity index (χ2n) is 7.06. The Balaban J connectivity index is 1.52. The van der Waals surface area contributed by atoms with Gasteiger partial charge in [-0.15, -0.1) is 0 Å². The lowest BCUT2D eigenvalue weighted by Gasteiger charge is -2.34. The molecule has 2 aromatic rings. The molecule has 138 valence electrons. The van der Waals surface area contributed by atoms with Crippen LogP contribution in [0.25, 0.3) is 0 Å². The molecule has 0 spiro atoms. The Morgan fingerprint density at radius 1 is 1.15 bits per heavy atom. The molecule has 1 aliphatic heterocycles. The molecular formula is C18H22F2N6. The van der Waals surface area contributed by atoms with Gasteiger partial charge < -0.3 is 10.2 Å². The Labute approximate surface area is 151 Å². The summed E-state index contributed by atoms with van der Waals surface area (Å²) in [6, 6.07) is 3.53. The fourth-order valence-electron chi connectivity index (χ4n) is 3.31. The van der Waals surface area contributed by atoms with Crippen LogP contribution >= 0.6 is 0 Å². The van der Waals surface area contributed by atoms with Gasteiger partial charge in [0.15, 0.2) is 0 Å². The summed E-state index contributed by atoms with van der Waals surface area (Å²) in [5, 5.41) is 3.42.